The summed E-state index contributed by atoms with van der Waals surface area (Å²) in [5.41, 5.74) is 0.701. The molecule has 0 saturated carbocycles. The molecule has 1 fully saturated rings. The van der Waals surface area contributed by atoms with E-state index in [4.69, 9.17) is 9.84 Å². The number of aliphatic hydroxyl groups is 3. The van der Waals surface area contributed by atoms with Gasteiger partial charge in [-0.2, -0.15) is 0 Å². The van der Waals surface area contributed by atoms with Gasteiger partial charge >= 0.3 is 0 Å². The summed E-state index contributed by atoms with van der Waals surface area (Å²) >= 11 is 0. The smallest absolute Gasteiger partial charge is 0.110 e. The van der Waals surface area contributed by atoms with Crippen LogP contribution in [0.2, 0.25) is 0 Å². The van der Waals surface area contributed by atoms with E-state index in [1.165, 1.54) is 0 Å². The zero-order chi connectivity index (χ0) is 11.5. The lowest BCUT2D eigenvalue weighted by Crippen LogP contribution is -2.47. The molecule has 2 rings (SSSR count). The molecule has 0 aromatic carbocycles. The molecule has 3 N–H and O–H groups in total. The summed E-state index contributed by atoms with van der Waals surface area (Å²) in [7, 11) is 0. The number of rotatable bonds is 2. The first-order valence-corrected chi connectivity index (χ1v) is 5.25. The van der Waals surface area contributed by atoms with Crippen LogP contribution in [0.1, 0.15) is 18.2 Å². The van der Waals surface area contributed by atoms with E-state index in [0.29, 0.717) is 5.69 Å². The zero-order valence-electron chi connectivity index (χ0n) is 8.73. The second-order valence-electron chi connectivity index (χ2n) is 3.89. The summed E-state index contributed by atoms with van der Waals surface area (Å²) in [6.07, 6.45) is -1.13. The van der Waals surface area contributed by atoms with E-state index in [2.05, 4.69) is 4.98 Å². The monoisotopic (exact) mass is 225 g/mol. The van der Waals surface area contributed by atoms with Gasteiger partial charge in [0.1, 0.15) is 18.3 Å². The molecule has 1 aliphatic heterocycles. The van der Waals surface area contributed by atoms with Gasteiger partial charge in [-0.3, -0.25) is 4.98 Å². The van der Waals surface area contributed by atoms with E-state index in [1.807, 2.05) is 6.07 Å². The Morgan fingerprint density at radius 2 is 2.19 bits per heavy atom. The fraction of sp³-hybridized carbons (Fsp3) is 0.545. The van der Waals surface area contributed by atoms with Crippen molar-refractivity contribution in [2.45, 2.75) is 30.8 Å². The molecule has 0 aliphatic carbocycles. The largest absolute Gasteiger partial charge is 0.394 e. The molecule has 4 atom stereocenters. The third-order valence-electron chi connectivity index (χ3n) is 2.77. The standard InChI is InChI=1S/C11H15NO4/c13-6-10-11(15)8(14)5-9(16-10)7-3-1-2-4-12-7/h1-4,8-11,13-15H,5-6H2/t8-,9?,10-,11+/m1/s1. The molecule has 5 heteroatoms. The van der Waals surface area contributed by atoms with E-state index in [-0.39, 0.29) is 19.1 Å². The van der Waals surface area contributed by atoms with Gasteiger partial charge in [-0.25, -0.2) is 0 Å². The Hall–Kier alpha value is -1.01. The summed E-state index contributed by atoms with van der Waals surface area (Å²) < 4.78 is 5.48. The normalized spacial score (nSPS) is 34.9. The van der Waals surface area contributed by atoms with Gasteiger partial charge in [0.15, 0.2) is 0 Å². The van der Waals surface area contributed by atoms with Crippen LogP contribution in [-0.2, 0) is 4.74 Å². The van der Waals surface area contributed by atoms with Crippen molar-refractivity contribution in [2.24, 2.45) is 0 Å². The molecule has 16 heavy (non-hydrogen) atoms. The maximum atomic E-state index is 9.64. The molecule has 1 aromatic rings. The van der Waals surface area contributed by atoms with Gasteiger partial charge in [-0.15, -0.1) is 0 Å². The van der Waals surface area contributed by atoms with Crippen molar-refractivity contribution >= 4 is 0 Å². The average Bonchev–Trinajstić information content (AvgIpc) is 2.33. The maximum Gasteiger partial charge on any atom is 0.110 e. The van der Waals surface area contributed by atoms with E-state index >= 15 is 0 Å². The van der Waals surface area contributed by atoms with Gasteiger partial charge in [0, 0.05) is 12.6 Å². The highest BCUT2D eigenvalue weighted by Crippen LogP contribution is 2.30. The highest BCUT2D eigenvalue weighted by atomic mass is 16.5. The van der Waals surface area contributed by atoms with E-state index in [1.54, 1.807) is 18.3 Å². The Labute approximate surface area is 93.3 Å². The van der Waals surface area contributed by atoms with E-state index in [9.17, 15) is 10.2 Å². The van der Waals surface area contributed by atoms with Crippen molar-refractivity contribution in [1.29, 1.82) is 0 Å². The lowest BCUT2D eigenvalue weighted by Gasteiger charge is -2.36. The van der Waals surface area contributed by atoms with Crippen LogP contribution in [0, 0.1) is 0 Å². The molecule has 1 unspecified atom stereocenters. The molecule has 0 radical (unpaired) electrons. The molecule has 0 amide bonds. The molecule has 1 aromatic heterocycles. The van der Waals surface area contributed by atoms with Crippen LogP contribution >= 0.6 is 0 Å². The molecule has 5 nitrogen and oxygen atoms in total. The first-order valence-electron chi connectivity index (χ1n) is 5.25. The quantitative estimate of drug-likeness (QED) is 0.639. The van der Waals surface area contributed by atoms with Crippen molar-refractivity contribution in [3.63, 3.8) is 0 Å². The fourth-order valence-corrected chi connectivity index (χ4v) is 1.86. The topological polar surface area (TPSA) is 82.8 Å². The predicted molar refractivity (Wildman–Crippen MR) is 55.6 cm³/mol. The Morgan fingerprint density at radius 3 is 2.81 bits per heavy atom. The van der Waals surface area contributed by atoms with Gasteiger partial charge in [-0.1, -0.05) is 6.07 Å². The van der Waals surface area contributed by atoms with Crippen molar-refractivity contribution < 1.29 is 20.1 Å². The summed E-state index contributed by atoms with van der Waals surface area (Å²) in [6, 6.07) is 5.42. The van der Waals surface area contributed by atoms with Crippen LogP contribution in [0.3, 0.4) is 0 Å². The molecule has 88 valence electrons. The third kappa shape index (κ3) is 2.22. The molecule has 1 saturated heterocycles. The Bertz CT molecular complexity index is 332. The number of aromatic nitrogens is 1. The van der Waals surface area contributed by atoms with Gasteiger partial charge in [0.2, 0.25) is 0 Å². The average molecular weight is 225 g/mol. The number of hydrogen-bond acceptors (Lipinski definition) is 5. The summed E-state index contributed by atoms with van der Waals surface area (Å²) in [6.45, 7) is -0.318. The number of nitrogens with zero attached hydrogens (tertiary/aromatic N) is 1. The second-order valence-corrected chi connectivity index (χ2v) is 3.89. The lowest BCUT2D eigenvalue weighted by molar-refractivity contribution is -0.182. The van der Waals surface area contributed by atoms with Crippen LogP contribution < -0.4 is 0 Å². The van der Waals surface area contributed by atoms with Crippen LogP contribution in [0.5, 0.6) is 0 Å². The van der Waals surface area contributed by atoms with Crippen molar-refractivity contribution in [2.75, 3.05) is 6.61 Å². The summed E-state index contributed by atoms with van der Waals surface area (Å²) in [4.78, 5) is 4.13. The highest BCUT2D eigenvalue weighted by molar-refractivity contribution is 5.08. The number of aliphatic hydroxyl groups excluding tert-OH is 3. The summed E-state index contributed by atoms with van der Waals surface area (Å²) in [5, 5.41) is 28.2. The highest BCUT2D eigenvalue weighted by Gasteiger charge is 2.37. The molecule has 0 spiro atoms. The minimum Gasteiger partial charge on any atom is -0.394 e. The van der Waals surface area contributed by atoms with Crippen LogP contribution in [0.15, 0.2) is 24.4 Å². The van der Waals surface area contributed by atoms with Crippen LogP contribution in [0.4, 0.5) is 0 Å². The van der Waals surface area contributed by atoms with E-state index < -0.39 is 18.3 Å². The van der Waals surface area contributed by atoms with Gasteiger partial charge in [-0.05, 0) is 12.1 Å². The van der Waals surface area contributed by atoms with Crippen LogP contribution in [0.25, 0.3) is 0 Å². The van der Waals surface area contributed by atoms with Gasteiger partial charge < -0.3 is 20.1 Å². The fourth-order valence-electron chi connectivity index (χ4n) is 1.86. The third-order valence-corrected chi connectivity index (χ3v) is 2.77. The van der Waals surface area contributed by atoms with Crippen molar-refractivity contribution in [3.8, 4) is 0 Å². The summed E-state index contributed by atoms with van der Waals surface area (Å²) in [5.74, 6) is 0. The Kier molecular flexibility index (Phi) is 3.50. The van der Waals surface area contributed by atoms with Crippen molar-refractivity contribution in [3.05, 3.63) is 30.1 Å². The molecule has 0 bridgehead atoms. The maximum absolute atomic E-state index is 9.64. The molecular formula is C11H15NO4. The predicted octanol–water partition coefficient (Wildman–Crippen LogP) is -0.374. The minimum absolute atomic E-state index is 0.286. The van der Waals surface area contributed by atoms with Crippen LogP contribution in [-0.4, -0.2) is 45.2 Å². The molecule has 2 heterocycles. The number of hydrogen-bond donors (Lipinski definition) is 3. The lowest BCUT2D eigenvalue weighted by atomic mass is 9.96. The SMILES string of the molecule is OC[C@H]1OC(c2ccccn2)C[C@@H](O)[C@@H]1O. The van der Waals surface area contributed by atoms with Gasteiger partial charge in [0.05, 0.1) is 18.4 Å². The zero-order valence-corrected chi connectivity index (χ0v) is 8.73. The first kappa shape index (κ1) is 11.5. The molecular weight excluding hydrogens is 210 g/mol. The Morgan fingerprint density at radius 1 is 1.38 bits per heavy atom. The second kappa shape index (κ2) is 4.88. The first-order chi connectivity index (χ1) is 7.72. The van der Waals surface area contributed by atoms with E-state index in [0.717, 1.165) is 0 Å². The number of ether oxygens (including phenoxy) is 1. The van der Waals surface area contributed by atoms with Gasteiger partial charge in [0.25, 0.3) is 0 Å². The Balaban J connectivity index is 2.13. The number of pyridine rings is 1. The van der Waals surface area contributed by atoms with Crippen molar-refractivity contribution in [1.82, 2.24) is 4.98 Å². The molecule has 1 aliphatic rings. The minimum atomic E-state index is -1.04.